The third-order valence-corrected chi connectivity index (χ3v) is 7.75. The van der Waals surface area contributed by atoms with E-state index in [1.54, 1.807) is 7.11 Å². The molecule has 1 aliphatic heterocycles. The third kappa shape index (κ3) is 4.25. The molecule has 0 fully saturated rings. The maximum absolute atomic E-state index is 6.39. The summed E-state index contributed by atoms with van der Waals surface area (Å²) in [6.07, 6.45) is 5.61. The molecule has 0 saturated carbocycles. The fraction of sp³-hybridized carbons (Fsp3) is 0.259. The van der Waals surface area contributed by atoms with E-state index in [9.17, 15) is 0 Å². The summed E-state index contributed by atoms with van der Waals surface area (Å²) in [6.45, 7) is 2.47. The van der Waals surface area contributed by atoms with Gasteiger partial charge >= 0.3 is 0 Å². The Labute approximate surface area is 212 Å². The largest absolute Gasteiger partial charge is 0.493 e. The number of hydrogen-bond acceptors (Lipinski definition) is 3. The zero-order valence-electron chi connectivity index (χ0n) is 18.4. The minimum atomic E-state index is 0.139. The molecule has 3 atom stereocenters. The van der Waals surface area contributed by atoms with Gasteiger partial charge in [-0.2, -0.15) is 0 Å². The average molecular weight is 545 g/mol. The first-order valence-corrected chi connectivity index (χ1v) is 12.5. The maximum atomic E-state index is 6.39. The van der Waals surface area contributed by atoms with Gasteiger partial charge in [-0.05, 0) is 82.2 Å². The number of fused-ring (bicyclic) bond motifs is 3. The highest BCUT2D eigenvalue weighted by molar-refractivity contribution is 9.10. The quantitative estimate of drug-likeness (QED) is 0.327. The summed E-state index contributed by atoms with van der Waals surface area (Å²) >= 11 is 16.4. The lowest BCUT2D eigenvalue weighted by Gasteiger charge is -2.38. The standard InChI is InChI=1S/C27H24BrCl2NO2/c1-15-10-18(29)13-21-19-7-5-8-20(19)26(31-25(15)21)17-11-22(28)27(24(12-17)32-2)33-14-16-6-3-4-9-23(16)30/h3-7,9-13,19-20,26,31H,8,14H2,1-2H3/t19-,20-,26-/m0/s1. The highest BCUT2D eigenvalue weighted by Crippen LogP contribution is 2.52. The number of aryl methyl sites for hydroxylation is 1. The fourth-order valence-electron chi connectivity index (χ4n) is 5.00. The first-order valence-electron chi connectivity index (χ1n) is 10.9. The molecule has 2 aliphatic rings. The van der Waals surface area contributed by atoms with Crippen LogP contribution in [0.15, 0.2) is 65.2 Å². The lowest BCUT2D eigenvalue weighted by atomic mass is 9.76. The molecule has 6 heteroatoms. The van der Waals surface area contributed by atoms with Crippen molar-refractivity contribution < 1.29 is 9.47 Å². The molecule has 5 rings (SSSR count). The molecule has 3 aromatic carbocycles. The summed E-state index contributed by atoms with van der Waals surface area (Å²) in [5.41, 5.74) is 5.69. The molecule has 0 saturated heterocycles. The van der Waals surface area contributed by atoms with Gasteiger partial charge in [-0.15, -0.1) is 0 Å². The lowest BCUT2D eigenvalue weighted by Crippen LogP contribution is -2.29. The number of rotatable bonds is 5. The SMILES string of the molecule is COc1cc([C@@H]2Nc3c(C)cc(Cl)cc3[C@H]3C=CC[C@@H]32)cc(Br)c1OCc1ccccc1Cl. The van der Waals surface area contributed by atoms with Crippen molar-refractivity contribution in [3.05, 3.63) is 97.5 Å². The number of halogens is 3. The minimum Gasteiger partial charge on any atom is -0.493 e. The Hall–Kier alpha value is -2.14. The first-order chi connectivity index (χ1) is 16.0. The van der Waals surface area contributed by atoms with Gasteiger partial charge in [0.25, 0.3) is 0 Å². The van der Waals surface area contributed by atoms with Crippen LogP contribution in [0.2, 0.25) is 10.0 Å². The van der Waals surface area contributed by atoms with E-state index < -0.39 is 0 Å². The second-order valence-corrected chi connectivity index (χ2v) is 10.3. The molecule has 0 radical (unpaired) electrons. The van der Waals surface area contributed by atoms with Gasteiger partial charge in [-0.25, -0.2) is 0 Å². The Morgan fingerprint density at radius 3 is 2.73 bits per heavy atom. The molecule has 0 bridgehead atoms. The summed E-state index contributed by atoms with van der Waals surface area (Å²) < 4.78 is 12.7. The van der Waals surface area contributed by atoms with Crippen LogP contribution in [0.1, 0.15) is 40.6 Å². The molecule has 0 aromatic heterocycles. The van der Waals surface area contributed by atoms with E-state index in [0.29, 0.717) is 35.0 Å². The normalized spacial score (nSPS) is 20.7. The van der Waals surface area contributed by atoms with E-state index in [4.69, 9.17) is 32.7 Å². The predicted molar refractivity (Wildman–Crippen MR) is 139 cm³/mol. The Balaban J connectivity index is 1.48. The predicted octanol–water partition coefficient (Wildman–Crippen LogP) is 8.48. The van der Waals surface area contributed by atoms with Crippen LogP contribution >= 0.6 is 39.1 Å². The average Bonchev–Trinajstić information content (AvgIpc) is 3.29. The number of hydrogen-bond donors (Lipinski definition) is 1. The van der Waals surface area contributed by atoms with Crippen LogP contribution in [0.5, 0.6) is 11.5 Å². The summed E-state index contributed by atoms with van der Waals surface area (Å²) in [4.78, 5) is 0. The lowest BCUT2D eigenvalue weighted by molar-refractivity contribution is 0.282. The van der Waals surface area contributed by atoms with Crippen molar-refractivity contribution in [3.8, 4) is 11.5 Å². The van der Waals surface area contributed by atoms with E-state index in [1.807, 2.05) is 30.3 Å². The fourth-order valence-corrected chi connectivity index (χ4v) is 6.04. The van der Waals surface area contributed by atoms with E-state index in [0.717, 1.165) is 32.6 Å². The third-order valence-electron chi connectivity index (χ3n) is 6.57. The second kappa shape index (κ2) is 9.25. The number of ether oxygens (including phenoxy) is 2. The van der Waals surface area contributed by atoms with E-state index in [-0.39, 0.29) is 6.04 Å². The van der Waals surface area contributed by atoms with Crippen molar-refractivity contribution in [1.29, 1.82) is 0 Å². The van der Waals surface area contributed by atoms with Crippen molar-refractivity contribution in [1.82, 2.24) is 0 Å². The van der Waals surface area contributed by atoms with Crippen molar-refractivity contribution in [2.45, 2.75) is 31.9 Å². The second-order valence-electron chi connectivity index (χ2n) is 8.58. The number of benzene rings is 3. The molecule has 0 amide bonds. The van der Waals surface area contributed by atoms with Gasteiger partial charge in [0, 0.05) is 27.2 Å². The van der Waals surface area contributed by atoms with Crippen LogP contribution < -0.4 is 14.8 Å². The van der Waals surface area contributed by atoms with Gasteiger partial charge in [0.1, 0.15) is 6.61 Å². The summed E-state index contributed by atoms with van der Waals surface area (Å²) in [6, 6.07) is 16.2. The monoisotopic (exact) mass is 543 g/mol. The maximum Gasteiger partial charge on any atom is 0.175 e. The smallest absolute Gasteiger partial charge is 0.175 e. The van der Waals surface area contributed by atoms with Gasteiger partial charge in [0.2, 0.25) is 0 Å². The molecule has 1 N–H and O–H groups in total. The topological polar surface area (TPSA) is 30.5 Å². The number of anilines is 1. The Morgan fingerprint density at radius 1 is 1.12 bits per heavy atom. The summed E-state index contributed by atoms with van der Waals surface area (Å²) in [5, 5.41) is 5.28. The van der Waals surface area contributed by atoms with Crippen LogP contribution in [0.25, 0.3) is 0 Å². The molecule has 3 aromatic rings. The van der Waals surface area contributed by atoms with Crippen molar-refractivity contribution in [2.24, 2.45) is 5.92 Å². The molecule has 170 valence electrons. The van der Waals surface area contributed by atoms with E-state index in [2.05, 4.69) is 58.5 Å². The summed E-state index contributed by atoms with van der Waals surface area (Å²) in [7, 11) is 1.67. The number of methoxy groups -OCH3 is 1. The molecular weight excluding hydrogens is 521 g/mol. The highest BCUT2D eigenvalue weighted by Gasteiger charge is 2.39. The minimum absolute atomic E-state index is 0.139. The molecule has 3 nitrogen and oxygen atoms in total. The number of allylic oxidation sites excluding steroid dienone is 2. The number of nitrogens with one attached hydrogen (secondary N) is 1. The highest BCUT2D eigenvalue weighted by atomic mass is 79.9. The Kier molecular flexibility index (Phi) is 6.34. The molecule has 33 heavy (non-hydrogen) atoms. The molecular formula is C27H24BrCl2NO2. The van der Waals surface area contributed by atoms with E-state index in [1.165, 1.54) is 11.3 Å². The van der Waals surface area contributed by atoms with Crippen molar-refractivity contribution in [3.63, 3.8) is 0 Å². The Bertz CT molecular complexity index is 1240. The van der Waals surface area contributed by atoms with Crippen molar-refractivity contribution in [2.75, 3.05) is 12.4 Å². The van der Waals surface area contributed by atoms with Crippen LogP contribution in [0.4, 0.5) is 5.69 Å². The molecule has 0 spiro atoms. The first kappa shape index (κ1) is 22.6. The van der Waals surface area contributed by atoms with Crippen LogP contribution in [-0.2, 0) is 6.61 Å². The van der Waals surface area contributed by atoms with Gasteiger partial charge in [-0.3, -0.25) is 0 Å². The summed E-state index contributed by atoms with van der Waals surface area (Å²) in [5.74, 6) is 2.10. The molecule has 1 aliphatic carbocycles. The van der Waals surface area contributed by atoms with Crippen LogP contribution in [0, 0.1) is 12.8 Å². The van der Waals surface area contributed by atoms with Crippen LogP contribution in [0.3, 0.4) is 0 Å². The van der Waals surface area contributed by atoms with Gasteiger partial charge < -0.3 is 14.8 Å². The zero-order valence-corrected chi connectivity index (χ0v) is 21.5. The van der Waals surface area contributed by atoms with E-state index >= 15 is 0 Å². The van der Waals surface area contributed by atoms with Gasteiger partial charge in [-0.1, -0.05) is 53.6 Å². The Morgan fingerprint density at radius 2 is 1.94 bits per heavy atom. The van der Waals surface area contributed by atoms with Gasteiger partial charge in [0.05, 0.1) is 17.6 Å². The van der Waals surface area contributed by atoms with Gasteiger partial charge in [0.15, 0.2) is 11.5 Å². The molecule has 1 heterocycles. The van der Waals surface area contributed by atoms with Crippen molar-refractivity contribution >= 4 is 44.8 Å². The molecule has 0 unspecified atom stereocenters. The zero-order chi connectivity index (χ0) is 23.1. The van der Waals surface area contributed by atoms with Crippen LogP contribution in [-0.4, -0.2) is 7.11 Å².